The van der Waals surface area contributed by atoms with Gasteiger partial charge in [-0.3, -0.25) is 14.9 Å². The molecule has 0 aliphatic carbocycles. The first-order chi connectivity index (χ1) is 18.8. The predicted molar refractivity (Wildman–Crippen MR) is 153 cm³/mol. The summed E-state index contributed by atoms with van der Waals surface area (Å²) in [5, 5.41) is 15.9. The second-order valence-corrected chi connectivity index (χ2v) is 9.49. The molecule has 200 valence electrons. The summed E-state index contributed by atoms with van der Waals surface area (Å²) in [5.74, 6) is 1.55. The van der Waals surface area contributed by atoms with Gasteiger partial charge >= 0.3 is 0 Å². The number of rotatable bonds is 11. The Labute approximate surface area is 232 Å². The van der Waals surface area contributed by atoms with Gasteiger partial charge in [0.1, 0.15) is 12.0 Å². The minimum atomic E-state index is -0.530. The van der Waals surface area contributed by atoms with E-state index in [2.05, 4.69) is 39.5 Å². The van der Waals surface area contributed by atoms with Crippen LogP contribution in [-0.4, -0.2) is 32.9 Å². The first-order valence-electron chi connectivity index (χ1n) is 12.2. The minimum Gasteiger partial charge on any atom is -0.493 e. The Morgan fingerprint density at radius 3 is 2.72 bits per heavy atom. The van der Waals surface area contributed by atoms with Crippen molar-refractivity contribution in [2.45, 2.75) is 32.6 Å². The van der Waals surface area contributed by atoms with Gasteiger partial charge in [0.25, 0.3) is 11.2 Å². The summed E-state index contributed by atoms with van der Waals surface area (Å²) < 4.78 is 13.7. The van der Waals surface area contributed by atoms with Crippen molar-refractivity contribution >= 4 is 38.7 Å². The van der Waals surface area contributed by atoms with Crippen molar-refractivity contribution in [1.82, 2.24) is 14.6 Å². The molecule has 0 spiro atoms. The Bertz CT molecular complexity index is 1620. The second kappa shape index (κ2) is 12.4. The molecule has 11 heteroatoms. The Morgan fingerprint density at radius 2 is 2.05 bits per heavy atom. The number of nitro groups is 1. The van der Waals surface area contributed by atoms with Crippen LogP contribution < -0.4 is 15.0 Å². The van der Waals surface area contributed by atoms with Crippen LogP contribution in [0.1, 0.15) is 36.7 Å². The smallest absolute Gasteiger partial charge is 0.287 e. The first kappa shape index (κ1) is 27.6. The summed E-state index contributed by atoms with van der Waals surface area (Å²) in [7, 11) is 1.50. The fourth-order valence-electron chi connectivity index (χ4n) is 3.91. The third kappa shape index (κ3) is 6.37. The number of unbranched alkanes of at least 4 members (excludes halogenated alkanes) is 1. The highest BCUT2D eigenvalue weighted by atomic mass is 79.9. The van der Waals surface area contributed by atoms with Crippen molar-refractivity contribution in [2.24, 2.45) is 5.10 Å². The van der Waals surface area contributed by atoms with Crippen molar-refractivity contribution in [3.8, 4) is 17.4 Å². The normalized spacial score (nSPS) is 11.2. The molecular weight excluding hydrogens is 566 g/mol. The van der Waals surface area contributed by atoms with E-state index in [9.17, 15) is 14.9 Å². The molecule has 0 aliphatic heterocycles. The lowest BCUT2D eigenvalue weighted by Crippen LogP contribution is -2.22. The Hall–Kier alpha value is -4.38. The predicted octanol–water partition coefficient (Wildman–Crippen LogP) is 6.22. The molecular formula is C28H26BrN5O5. The van der Waals surface area contributed by atoms with Gasteiger partial charge in [0, 0.05) is 28.6 Å². The third-order valence-electron chi connectivity index (χ3n) is 5.83. The summed E-state index contributed by atoms with van der Waals surface area (Å²) in [6.45, 7) is 5.90. The summed E-state index contributed by atoms with van der Waals surface area (Å²) in [6, 6.07) is 11.7. The van der Waals surface area contributed by atoms with E-state index in [1.54, 1.807) is 24.4 Å². The molecule has 4 rings (SSSR count). The van der Waals surface area contributed by atoms with Crippen LogP contribution in [-0.2, 0) is 12.8 Å². The van der Waals surface area contributed by atoms with Gasteiger partial charge in [-0.25, -0.2) is 9.97 Å². The zero-order valence-electron chi connectivity index (χ0n) is 21.5. The van der Waals surface area contributed by atoms with Crippen molar-refractivity contribution in [3.63, 3.8) is 0 Å². The number of allylic oxidation sites excluding steroid dienone is 1. The van der Waals surface area contributed by atoms with Crippen LogP contribution in [0.3, 0.4) is 0 Å². The van der Waals surface area contributed by atoms with Gasteiger partial charge in [0.15, 0.2) is 11.5 Å². The van der Waals surface area contributed by atoms with Crippen LogP contribution in [0.5, 0.6) is 17.4 Å². The average Bonchev–Trinajstić information content (AvgIpc) is 2.93. The van der Waals surface area contributed by atoms with Crippen LogP contribution in [0.2, 0.25) is 0 Å². The average molecular weight is 592 g/mol. The number of nitrogens with zero attached hydrogens (tertiary/aromatic N) is 5. The SMILES string of the molecule is C=CCc1cc(C=Nn2c(CCCC)nc3ccc(Br)cc3c2=O)cc(OC)c1Oc1ccc([N+](=O)[O-])cn1. The summed E-state index contributed by atoms with van der Waals surface area (Å²) in [5.41, 5.74) is 1.61. The maximum atomic E-state index is 13.4. The maximum absolute atomic E-state index is 13.4. The Kier molecular flexibility index (Phi) is 8.82. The number of ether oxygens (including phenoxy) is 2. The molecule has 10 nitrogen and oxygen atoms in total. The second-order valence-electron chi connectivity index (χ2n) is 8.57. The molecule has 2 heterocycles. The van der Waals surface area contributed by atoms with E-state index in [0.717, 1.165) is 29.1 Å². The monoisotopic (exact) mass is 591 g/mol. The Morgan fingerprint density at radius 1 is 1.23 bits per heavy atom. The highest BCUT2D eigenvalue weighted by molar-refractivity contribution is 9.10. The lowest BCUT2D eigenvalue weighted by Gasteiger charge is -2.15. The number of halogens is 1. The van der Waals surface area contributed by atoms with Gasteiger partial charge in [-0.2, -0.15) is 9.78 Å². The van der Waals surface area contributed by atoms with Gasteiger partial charge in [-0.15, -0.1) is 6.58 Å². The number of aryl methyl sites for hydroxylation is 1. The van der Waals surface area contributed by atoms with E-state index in [4.69, 9.17) is 14.5 Å². The van der Waals surface area contributed by atoms with Gasteiger partial charge in [0.2, 0.25) is 5.88 Å². The van der Waals surface area contributed by atoms with E-state index in [0.29, 0.717) is 46.6 Å². The van der Waals surface area contributed by atoms with Crippen molar-refractivity contribution in [3.05, 3.63) is 103 Å². The van der Waals surface area contributed by atoms with E-state index in [1.807, 2.05) is 18.2 Å². The number of hydrogen-bond acceptors (Lipinski definition) is 8. The summed E-state index contributed by atoms with van der Waals surface area (Å²) in [4.78, 5) is 32.5. The lowest BCUT2D eigenvalue weighted by molar-refractivity contribution is -0.385. The molecule has 4 aromatic rings. The van der Waals surface area contributed by atoms with Crippen LogP contribution in [0.15, 0.2) is 75.7 Å². The van der Waals surface area contributed by atoms with Crippen LogP contribution in [0.25, 0.3) is 10.9 Å². The summed E-state index contributed by atoms with van der Waals surface area (Å²) in [6.07, 6.45) is 7.27. The van der Waals surface area contributed by atoms with Gasteiger partial charge < -0.3 is 9.47 Å². The van der Waals surface area contributed by atoms with Gasteiger partial charge in [-0.1, -0.05) is 35.4 Å². The number of aromatic nitrogens is 3. The molecule has 0 saturated heterocycles. The lowest BCUT2D eigenvalue weighted by atomic mass is 10.1. The molecule has 2 aromatic heterocycles. The number of pyridine rings is 1. The quantitative estimate of drug-likeness (QED) is 0.0878. The molecule has 0 aliphatic rings. The maximum Gasteiger partial charge on any atom is 0.287 e. The fraction of sp³-hybridized carbons (Fsp3) is 0.214. The van der Waals surface area contributed by atoms with Gasteiger partial charge in [0.05, 0.1) is 29.2 Å². The standard InChI is InChI=1S/C28H26BrN5O5/c1-4-6-8-25-32-23-11-9-20(29)15-22(23)28(35)33(25)31-16-18-13-19(7-5-2)27(24(14-18)38-3)39-26-12-10-21(17-30-26)34(36)37/h5,9-17H,2,4,6-8H2,1,3H3. The molecule has 0 fully saturated rings. The number of methoxy groups -OCH3 is 1. The van der Waals surface area contributed by atoms with Crippen LogP contribution in [0.4, 0.5) is 5.69 Å². The van der Waals surface area contributed by atoms with E-state index in [1.165, 1.54) is 23.9 Å². The molecule has 2 aromatic carbocycles. The van der Waals surface area contributed by atoms with Gasteiger partial charge in [-0.05, 0) is 48.7 Å². The number of fused-ring (bicyclic) bond motifs is 1. The third-order valence-corrected chi connectivity index (χ3v) is 6.32. The molecule has 0 atom stereocenters. The highest BCUT2D eigenvalue weighted by Crippen LogP contribution is 2.36. The minimum absolute atomic E-state index is 0.142. The van der Waals surface area contributed by atoms with E-state index in [-0.39, 0.29) is 17.1 Å². The molecule has 0 radical (unpaired) electrons. The first-order valence-corrected chi connectivity index (χ1v) is 13.0. The van der Waals surface area contributed by atoms with Crippen molar-refractivity contribution in [2.75, 3.05) is 7.11 Å². The van der Waals surface area contributed by atoms with E-state index >= 15 is 0 Å². The molecule has 0 saturated carbocycles. The summed E-state index contributed by atoms with van der Waals surface area (Å²) >= 11 is 3.42. The molecule has 0 bridgehead atoms. The molecule has 0 N–H and O–H groups in total. The van der Waals surface area contributed by atoms with Crippen LogP contribution in [0, 0.1) is 10.1 Å². The number of hydrogen-bond donors (Lipinski definition) is 0. The molecule has 0 amide bonds. The zero-order chi connectivity index (χ0) is 27.9. The van der Waals surface area contributed by atoms with Crippen LogP contribution >= 0.6 is 15.9 Å². The number of benzene rings is 2. The zero-order valence-corrected chi connectivity index (χ0v) is 23.1. The van der Waals surface area contributed by atoms with Crippen molar-refractivity contribution < 1.29 is 14.4 Å². The molecule has 39 heavy (non-hydrogen) atoms. The largest absolute Gasteiger partial charge is 0.493 e. The Balaban J connectivity index is 1.75. The highest BCUT2D eigenvalue weighted by Gasteiger charge is 2.16. The topological polar surface area (TPSA) is 122 Å². The van der Waals surface area contributed by atoms with Crippen molar-refractivity contribution in [1.29, 1.82) is 0 Å². The van der Waals surface area contributed by atoms with E-state index < -0.39 is 4.92 Å². The molecule has 0 unspecified atom stereocenters. The fourth-order valence-corrected chi connectivity index (χ4v) is 4.27.